The van der Waals surface area contributed by atoms with Crippen LogP contribution >= 0.6 is 0 Å². The highest BCUT2D eigenvalue weighted by atomic mass is 16.5. The summed E-state index contributed by atoms with van der Waals surface area (Å²) < 4.78 is 10.5. The van der Waals surface area contributed by atoms with Gasteiger partial charge in [0.1, 0.15) is 11.5 Å². The Bertz CT molecular complexity index is 629. The van der Waals surface area contributed by atoms with Crippen LogP contribution in [0.2, 0.25) is 0 Å². The Balaban J connectivity index is 1.64. The van der Waals surface area contributed by atoms with Crippen LogP contribution in [0.3, 0.4) is 0 Å². The number of amides is 1. The zero-order valence-electron chi connectivity index (χ0n) is 14.0. The first-order chi connectivity index (χ1) is 11.1. The summed E-state index contributed by atoms with van der Waals surface area (Å²) in [6, 6.07) is 5.47. The van der Waals surface area contributed by atoms with Gasteiger partial charge in [0.15, 0.2) is 0 Å². The van der Waals surface area contributed by atoms with Gasteiger partial charge in [0.2, 0.25) is 5.91 Å². The predicted octanol–water partition coefficient (Wildman–Crippen LogP) is 2.98. The van der Waals surface area contributed by atoms with Crippen LogP contribution in [0.1, 0.15) is 38.2 Å². The van der Waals surface area contributed by atoms with Crippen LogP contribution in [0.5, 0.6) is 11.5 Å². The van der Waals surface area contributed by atoms with Crippen molar-refractivity contribution in [1.82, 2.24) is 5.43 Å². The van der Waals surface area contributed by atoms with Crippen LogP contribution in [0, 0.1) is 17.3 Å². The van der Waals surface area contributed by atoms with Gasteiger partial charge in [-0.3, -0.25) is 4.79 Å². The Kier molecular flexibility index (Phi) is 4.28. The molecule has 0 spiro atoms. The Morgan fingerprint density at radius 1 is 1.35 bits per heavy atom. The number of rotatable bonds is 5. The number of hydrogen-bond donors (Lipinski definition) is 1. The lowest BCUT2D eigenvalue weighted by molar-refractivity contribution is -0.123. The van der Waals surface area contributed by atoms with E-state index in [-0.39, 0.29) is 17.2 Å². The van der Waals surface area contributed by atoms with Crippen molar-refractivity contribution in [3.8, 4) is 11.5 Å². The highest BCUT2D eigenvalue weighted by Crippen LogP contribution is 2.66. The molecule has 124 valence electrons. The SMILES string of the molecule is COc1ccc(OC)c(/C=N\NC(=O)[C@@H]2[C@@H]3CCCC[C@@]23C)c1. The van der Waals surface area contributed by atoms with Crippen molar-refractivity contribution in [2.45, 2.75) is 32.6 Å². The smallest absolute Gasteiger partial charge is 0.244 e. The topological polar surface area (TPSA) is 59.9 Å². The summed E-state index contributed by atoms with van der Waals surface area (Å²) >= 11 is 0. The minimum Gasteiger partial charge on any atom is -0.497 e. The van der Waals surface area contributed by atoms with Crippen molar-refractivity contribution < 1.29 is 14.3 Å². The van der Waals surface area contributed by atoms with Crippen LogP contribution in [-0.2, 0) is 4.79 Å². The maximum Gasteiger partial charge on any atom is 0.244 e. The third kappa shape index (κ3) is 2.92. The summed E-state index contributed by atoms with van der Waals surface area (Å²) in [6.45, 7) is 2.23. The summed E-state index contributed by atoms with van der Waals surface area (Å²) in [5.41, 5.74) is 3.67. The average molecular weight is 316 g/mol. The number of nitrogens with zero attached hydrogens (tertiary/aromatic N) is 1. The van der Waals surface area contributed by atoms with Gasteiger partial charge in [0.05, 0.1) is 20.4 Å². The van der Waals surface area contributed by atoms with Gasteiger partial charge in [-0.15, -0.1) is 0 Å². The van der Waals surface area contributed by atoms with E-state index in [1.54, 1.807) is 20.4 Å². The summed E-state index contributed by atoms with van der Waals surface area (Å²) in [4.78, 5) is 12.4. The first-order valence-electron chi connectivity index (χ1n) is 8.15. The fourth-order valence-electron chi connectivity index (χ4n) is 4.03. The second-order valence-corrected chi connectivity index (χ2v) is 6.68. The van der Waals surface area contributed by atoms with Gasteiger partial charge in [-0.2, -0.15) is 5.10 Å². The second-order valence-electron chi connectivity index (χ2n) is 6.68. The number of nitrogens with one attached hydrogen (secondary N) is 1. The molecule has 2 saturated carbocycles. The number of carbonyl (C=O) groups is 1. The molecular formula is C18H24N2O3. The van der Waals surface area contributed by atoms with E-state index in [2.05, 4.69) is 17.5 Å². The zero-order valence-corrected chi connectivity index (χ0v) is 14.0. The minimum atomic E-state index is 0.0394. The maximum atomic E-state index is 12.4. The Morgan fingerprint density at radius 3 is 2.83 bits per heavy atom. The monoisotopic (exact) mass is 316 g/mol. The quantitative estimate of drug-likeness (QED) is 0.671. The number of methoxy groups -OCH3 is 2. The molecule has 5 nitrogen and oxygen atoms in total. The van der Waals surface area contributed by atoms with Crippen LogP contribution < -0.4 is 14.9 Å². The van der Waals surface area contributed by atoms with Gasteiger partial charge >= 0.3 is 0 Å². The van der Waals surface area contributed by atoms with Gasteiger partial charge < -0.3 is 9.47 Å². The van der Waals surface area contributed by atoms with E-state index in [9.17, 15) is 4.79 Å². The lowest BCUT2D eigenvalue weighted by Gasteiger charge is -2.15. The summed E-state index contributed by atoms with van der Waals surface area (Å²) in [5.74, 6) is 2.11. The molecule has 1 amide bonds. The van der Waals surface area contributed by atoms with E-state index < -0.39 is 0 Å². The minimum absolute atomic E-state index is 0.0394. The maximum absolute atomic E-state index is 12.4. The van der Waals surface area contributed by atoms with E-state index in [0.29, 0.717) is 11.7 Å². The number of ether oxygens (including phenoxy) is 2. The normalized spacial score (nSPS) is 29.0. The summed E-state index contributed by atoms with van der Waals surface area (Å²) in [6.07, 6.45) is 6.41. The molecule has 0 aliphatic heterocycles. The van der Waals surface area contributed by atoms with Crippen molar-refractivity contribution in [3.05, 3.63) is 23.8 Å². The summed E-state index contributed by atoms with van der Waals surface area (Å²) in [7, 11) is 3.22. The first kappa shape index (κ1) is 15.8. The Morgan fingerprint density at radius 2 is 2.17 bits per heavy atom. The van der Waals surface area contributed by atoms with Crippen molar-refractivity contribution >= 4 is 12.1 Å². The van der Waals surface area contributed by atoms with Crippen molar-refractivity contribution in [1.29, 1.82) is 0 Å². The lowest BCUT2D eigenvalue weighted by atomic mass is 9.90. The standard InChI is InChI=1S/C18H24N2O3/c1-18-9-5-4-6-14(18)16(18)17(21)20-19-11-12-10-13(22-2)7-8-15(12)23-3/h7-8,10-11,14,16H,4-6,9H2,1-3H3,(H,20,21)/b19-11-/t14-,16-,18+/m0/s1. The lowest BCUT2D eigenvalue weighted by Crippen LogP contribution is -2.22. The van der Waals surface area contributed by atoms with E-state index in [1.165, 1.54) is 19.3 Å². The molecule has 0 unspecified atom stereocenters. The van der Waals surface area contributed by atoms with Gasteiger partial charge in [-0.05, 0) is 42.4 Å². The molecular weight excluding hydrogens is 292 g/mol. The molecule has 3 atom stereocenters. The average Bonchev–Trinajstić information content (AvgIpc) is 3.20. The Labute approximate surface area is 137 Å². The highest BCUT2D eigenvalue weighted by molar-refractivity contribution is 5.87. The fraction of sp³-hybridized carbons (Fsp3) is 0.556. The molecule has 0 saturated heterocycles. The molecule has 1 N–H and O–H groups in total. The van der Waals surface area contributed by atoms with Gasteiger partial charge in [-0.1, -0.05) is 19.8 Å². The zero-order chi connectivity index (χ0) is 16.4. The number of benzene rings is 1. The van der Waals surface area contributed by atoms with E-state index >= 15 is 0 Å². The molecule has 0 bridgehead atoms. The van der Waals surface area contributed by atoms with Crippen molar-refractivity contribution in [2.75, 3.05) is 14.2 Å². The molecule has 2 aliphatic rings. The van der Waals surface area contributed by atoms with Gasteiger partial charge in [0, 0.05) is 11.5 Å². The van der Waals surface area contributed by atoms with E-state index in [0.717, 1.165) is 17.7 Å². The number of hydrazone groups is 1. The summed E-state index contributed by atoms with van der Waals surface area (Å²) in [5, 5.41) is 4.12. The molecule has 1 aromatic carbocycles. The molecule has 1 aromatic rings. The molecule has 0 aromatic heterocycles. The number of hydrogen-bond acceptors (Lipinski definition) is 4. The third-order valence-corrected chi connectivity index (χ3v) is 5.43. The van der Waals surface area contributed by atoms with E-state index in [4.69, 9.17) is 9.47 Å². The second kappa shape index (κ2) is 6.22. The van der Waals surface area contributed by atoms with E-state index in [1.807, 2.05) is 18.2 Å². The van der Waals surface area contributed by atoms with Crippen LogP contribution in [0.25, 0.3) is 0 Å². The van der Waals surface area contributed by atoms with Gasteiger partial charge in [-0.25, -0.2) is 5.43 Å². The molecule has 23 heavy (non-hydrogen) atoms. The molecule has 5 heteroatoms. The van der Waals surface area contributed by atoms with Crippen LogP contribution in [0.4, 0.5) is 0 Å². The largest absolute Gasteiger partial charge is 0.497 e. The first-order valence-corrected chi connectivity index (χ1v) is 8.15. The van der Waals surface area contributed by atoms with Gasteiger partial charge in [0.25, 0.3) is 0 Å². The predicted molar refractivity (Wildman–Crippen MR) is 88.8 cm³/mol. The number of carbonyl (C=O) groups excluding carboxylic acids is 1. The van der Waals surface area contributed by atoms with Crippen LogP contribution in [-0.4, -0.2) is 26.3 Å². The van der Waals surface area contributed by atoms with Crippen molar-refractivity contribution in [3.63, 3.8) is 0 Å². The van der Waals surface area contributed by atoms with Crippen LogP contribution in [0.15, 0.2) is 23.3 Å². The molecule has 2 fully saturated rings. The third-order valence-electron chi connectivity index (χ3n) is 5.43. The van der Waals surface area contributed by atoms with Crippen molar-refractivity contribution in [2.24, 2.45) is 22.4 Å². The number of fused-ring (bicyclic) bond motifs is 1. The fourth-order valence-corrected chi connectivity index (χ4v) is 4.03. The molecule has 3 rings (SSSR count). The highest BCUT2D eigenvalue weighted by Gasteiger charge is 2.64. The Hall–Kier alpha value is -2.04. The molecule has 0 heterocycles. The molecule has 0 radical (unpaired) electrons. The molecule has 2 aliphatic carbocycles.